The zero-order valence-electron chi connectivity index (χ0n) is 24.5. The molecule has 1 saturated heterocycles. The molecule has 2 aromatic heterocycles. The number of unbranched alkanes of at least 4 members (excludes halogenated alkanes) is 2. The molecule has 0 aliphatic carbocycles. The molecular weight excluding hydrogens is 539 g/mol. The number of amides is 1. The average Bonchev–Trinajstić information content (AvgIpc) is 3.36. The molecule has 42 heavy (non-hydrogen) atoms. The molecule has 0 unspecified atom stereocenters. The molecule has 0 radical (unpaired) electrons. The Morgan fingerprint density at radius 1 is 1.07 bits per heavy atom. The number of carbonyl (C=O) groups is 1. The number of hydrogen-bond acceptors (Lipinski definition) is 7. The van der Waals surface area contributed by atoms with Crippen LogP contribution in [0.5, 0.6) is 17.2 Å². The normalized spacial score (nSPS) is 13.9. The number of ether oxygens (including phenoxy) is 4. The van der Waals surface area contributed by atoms with Crippen LogP contribution in [0.25, 0.3) is 22.4 Å². The van der Waals surface area contributed by atoms with E-state index in [0.29, 0.717) is 54.9 Å². The van der Waals surface area contributed by atoms with Gasteiger partial charge in [-0.1, -0.05) is 32.8 Å². The van der Waals surface area contributed by atoms with E-state index in [1.165, 1.54) is 7.11 Å². The highest BCUT2D eigenvalue weighted by Crippen LogP contribution is 2.46. The number of aromatic nitrogens is 3. The molecule has 1 aliphatic rings. The van der Waals surface area contributed by atoms with Crippen molar-refractivity contribution in [2.24, 2.45) is 0 Å². The van der Waals surface area contributed by atoms with E-state index in [4.69, 9.17) is 23.9 Å². The van der Waals surface area contributed by atoms with Gasteiger partial charge in [0, 0.05) is 11.9 Å². The van der Waals surface area contributed by atoms with Gasteiger partial charge in [0.2, 0.25) is 11.5 Å². The predicted octanol–water partition coefficient (Wildman–Crippen LogP) is 6.60. The minimum atomic E-state index is -0.567. The number of hydrogen-bond donors (Lipinski definition) is 1. The third-order valence-corrected chi connectivity index (χ3v) is 7.27. The molecule has 3 heterocycles. The molecule has 1 aliphatic heterocycles. The molecule has 0 spiro atoms. The molecule has 1 N–H and O–H groups in total. The number of imidazole rings is 1. The monoisotopic (exact) mass is 576 g/mol. The van der Waals surface area contributed by atoms with Crippen LogP contribution in [-0.4, -0.2) is 54.0 Å². The lowest BCUT2D eigenvalue weighted by Gasteiger charge is -2.40. The molecule has 1 fully saturated rings. The molecule has 9 nitrogen and oxygen atoms in total. The molecule has 2 aromatic carbocycles. The predicted molar refractivity (Wildman–Crippen MR) is 159 cm³/mol. The number of nitrogens with one attached hydrogen (secondary N) is 1. The van der Waals surface area contributed by atoms with Crippen molar-refractivity contribution in [2.45, 2.75) is 52.0 Å². The lowest BCUT2D eigenvalue weighted by molar-refractivity contribution is -0.0868. The summed E-state index contributed by atoms with van der Waals surface area (Å²) in [6, 6.07) is 12.2. The molecule has 0 atom stereocenters. The van der Waals surface area contributed by atoms with E-state index in [9.17, 15) is 4.79 Å². The van der Waals surface area contributed by atoms with Crippen LogP contribution in [0, 0.1) is 5.82 Å². The second kappa shape index (κ2) is 12.8. The summed E-state index contributed by atoms with van der Waals surface area (Å²) < 4.78 is 41.8. The van der Waals surface area contributed by atoms with Crippen molar-refractivity contribution in [1.82, 2.24) is 14.5 Å². The SMILES string of the molecule is CCCCOc1c(OC)cc(-c2nc3cc(NC(=O)c4ccccn4)ccc3n2C2(C)COC2)c(F)c1OCCCC. The number of fused-ring (bicyclic) bond motifs is 1. The summed E-state index contributed by atoms with van der Waals surface area (Å²) in [4.78, 5) is 21.8. The second-order valence-electron chi connectivity index (χ2n) is 10.6. The van der Waals surface area contributed by atoms with Crippen molar-refractivity contribution >= 4 is 22.6 Å². The van der Waals surface area contributed by atoms with Crippen molar-refractivity contribution in [3.8, 4) is 28.6 Å². The molecular formula is C32H37FN4O5. The fourth-order valence-corrected chi connectivity index (χ4v) is 4.91. The van der Waals surface area contributed by atoms with Crippen LogP contribution in [-0.2, 0) is 10.3 Å². The Kier molecular flexibility index (Phi) is 8.91. The highest BCUT2D eigenvalue weighted by Gasteiger charge is 2.40. The fraction of sp³-hybridized carbons (Fsp3) is 0.406. The van der Waals surface area contributed by atoms with Crippen molar-refractivity contribution in [1.29, 1.82) is 0 Å². The molecule has 5 rings (SSSR count). The van der Waals surface area contributed by atoms with E-state index in [1.807, 2.05) is 24.5 Å². The average molecular weight is 577 g/mol. The van der Waals surface area contributed by atoms with Gasteiger partial charge in [0.15, 0.2) is 11.6 Å². The van der Waals surface area contributed by atoms with Gasteiger partial charge in [0.1, 0.15) is 11.5 Å². The van der Waals surface area contributed by atoms with Crippen LogP contribution in [0.2, 0.25) is 0 Å². The second-order valence-corrected chi connectivity index (χ2v) is 10.6. The molecule has 222 valence electrons. The van der Waals surface area contributed by atoms with Crippen molar-refractivity contribution < 1.29 is 28.1 Å². The van der Waals surface area contributed by atoms with Gasteiger partial charge in [0.25, 0.3) is 5.91 Å². The summed E-state index contributed by atoms with van der Waals surface area (Å²) in [5, 5.41) is 2.88. The molecule has 0 bridgehead atoms. The van der Waals surface area contributed by atoms with Gasteiger partial charge in [0.05, 0.1) is 55.7 Å². The van der Waals surface area contributed by atoms with E-state index in [0.717, 1.165) is 31.2 Å². The maximum atomic E-state index is 16.5. The van der Waals surface area contributed by atoms with Gasteiger partial charge < -0.3 is 28.8 Å². The Hall–Kier alpha value is -4.18. The Balaban J connectivity index is 1.62. The first kappa shape index (κ1) is 29.3. The number of halogens is 1. The van der Waals surface area contributed by atoms with E-state index in [-0.39, 0.29) is 23.0 Å². The van der Waals surface area contributed by atoms with Crippen LogP contribution >= 0.6 is 0 Å². The maximum absolute atomic E-state index is 16.5. The minimum absolute atomic E-state index is 0.0193. The third kappa shape index (κ3) is 5.76. The Morgan fingerprint density at radius 2 is 1.81 bits per heavy atom. The topological polar surface area (TPSA) is 96.7 Å². The molecule has 4 aromatic rings. The highest BCUT2D eigenvalue weighted by atomic mass is 19.1. The quantitative estimate of drug-likeness (QED) is 0.179. The largest absolute Gasteiger partial charge is 0.493 e. The summed E-state index contributed by atoms with van der Waals surface area (Å²) >= 11 is 0. The van der Waals surface area contributed by atoms with Gasteiger partial charge in [-0.2, -0.15) is 0 Å². The first-order valence-electron chi connectivity index (χ1n) is 14.4. The summed E-state index contributed by atoms with van der Waals surface area (Å²) in [6.07, 6.45) is 4.98. The summed E-state index contributed by atoms with van der Waals surface area (Å²) in [6.45, 7) is 7.80. The number of pyridine rings is 1. The fourth-order valence-electron chi connectivity index (χ4n) is 4.91. The first-order chi connectivity index (χ1) is 20.4. The van der Waals surface area contributed by atoms with Crippen LogP contribution in [0.4, 0.5) is 10.1 Å². The van der Waals surface area contributed by atoms with Crippen LogP contribution in [0.1, 0.15) is 56.9 Å². The number of rotatable bonds is 13. The Morgan fingerprint density at radius 3 is 2.43 bits per heavy atom. The Bertz CT molecular complexity index is 1550. The number of methoxy groups -OCH3 is 1. The van der Waals surface area contributed by atoms with Crippen molar-refractivity contribution in [3.63, 3.8) is 0 Å². The molecule has 10 heteroatoms. The zero-order chi connectivity index (χ0) is 29.7. The van der Waals surface area contributed by atoms with Crippen molar-refractivity contribution in [2.75, 3.05) is 38.9 Å². The zero-order valence-corrected chi connectivity index (χ0v) is 24.5. The van der Waals surface area contributed by atoms with Gasteiger partial charge in [-0.05, 0) is 56.2 Å². The van der Waals surface area contributed by atoms with Gasteiger partial charge in [-0.3, -0.25) is 9.78 Å². The molecule has 1 amide bonds. The van der Waals surface area contributed by atoms with Gasteiger partial charge in [-0.25, -0.2) is 9.37 Å². The van der Waals surface area contributed by atoms with E-state index in [1.54, 1.807) is 42.6 Å². The van der Waals surface area contributed by atoms with Crippen molar-refractivity contribution in [3.05, 3.63) is 60.2 Å². The van der Waals surface area contributed by atoms with E-state index < -0.39 is 11.4 Å². The summed E-state index contributed by atoms with van der Waals surface area (Å²) in [7, 11) is 1.53. The molecule has 0 saturated carbocycles. The maximum Gasteiger partial charge on any atom is 0.274 e. The highest BCUT2D eigenvalue weighted by molar-refractivity contribution is 6.03. The third-order valence-electron chi connectivity index (χ3n) is 7.27. The summed E-state index contributed by atoms with van der Waals surface area (Å²) in [5.74, 6) is 0.139. The number of benzene rings is 2. The number of carbonyl (C=O) groups excluding carboxylic acids is 1. The first-order valence-corrected chi connectivity index (χ1v) is 14.4. The van der Waals surface area contributed by atoms with Gasteiger partial charge in [-0.15, -0.1) is 0 Å². The van der Waals surface area contributed by atoms with Crippen LogP contribution < -0.4 is 19.5 Å². The van der Waals surface area contributed by atoms with Crippen LogP contribution in [0.15, 0.2) is 48.7 Å². The lowest BCUT2D eigenvalue weighted by Crippen LogP contribution is -2.49. The smallest absolute Gasteiger partial charge is 0.274 e. The number of anilines is 1. The minimum Gasteiger partial charge on any atom is -0.493 e. The standard InChI is InChI=1S/C32H37FN4O5/c1-5-7-15-41-28-26(39-4)18-22(27(33)29(28)42-16-8-6-2)30-36-24-17-21(35-31(38)23-11-9-10-14-34-23)12-13-25(24)37(30)32(3)19-40-20-32/h9-14,17-18H,5-8,15-16,19-20H2,1-4H3,(H,35,38). The van der Waals surface area contributed by atoms with E-state index in [2.05, 4.69) is 17.2 Å². The number of nitrogens with zero attached hydrogens (tertiary/aromatic N) is 3. The van der Waals surface area contributed by atoms with Crippen LogP contribution in [0.3, 0.4) is 0 Å². The lowest BCUT2D eigenvalue weighted by atomic mass is 9.98. The summed E-state index contributed by atoms with van der Waals surface area (Å²) in [5.41, 5.74) is 1.99. The van der Waals surface area contributed by atoms with E-state index >= 15 is 4.39 Å². The Labute approximate surface area is 245 Å². The van der Waals surface area contributed by atoms with Gasteiger partial charge >= 0.3 is 0 Å².